The van der Waals surface area contributed by atoms with Crippen LogP contribution in [0.5, 0.6) is 5.75 Å². The third kappa shape index (κ3) is 4.50. The Morgan fingerprint density at radius 3 is 2.68 bits per heavy atom. The molecule has 0 aliphatic carbocycles. The third-order valence-electron chi connectivity index (χ3n) is 2.74. The molecule has 0 aliphatic rings. The molecule has 112 valence electrons. The van der Waals surface area contributed by atoms with Crippen molar-refractivity contribution < 1.29 is 19.1 Å². The summed E-state index contributed by atoms with van der Waals surface area (Å²) in [7, 11) is 1.44. The van der Waals surface area contributed by atoms with E-state index in [2.05, 4.69) is 5.92 Å². The zero-order valence-electron chi connectivity index (χ0n) is 12.4. The van der Waals surface area contributed by atoms with Crippen molar-refractivity contribution in [3.63, 3.8) is 0 Å². The zero-order chi connectivity index (χ0) is 16.5. The van der Waals surface area contributed by atoms with Crippen LogP contribution < -0.4 is 4.74 Å². The number of carbonyl (C=O) groups excluding carboxylic acids is 2. The first-order chi connectivity index (χ1) is 10.5. The Hall–Kier alpha value is -3.05. The molecule has 0 bridgehead atoms. The predicted octanol–water partition coefficient (Wildman–Crippen LogP) is 2.11. The van der Waals surface area contributed by atoms with Crippen molar-refractivity contribution in [2.45, 2.75) is 13.3 Å². The van der Waals surface area contributed by atoms with Gasteiger partial charge in [0.25, 0.3) is 0 Å². The molecule has 1 aromatic carbocycles. The molecule has 0 fully saturated rings. The average Bonchev–Trinajstić information content (AvgIpc) is 2.52. The summed E-state index contributed by atoms with van der Waals surface area (Å²) in [4.78, 5) is 23.6. The summed E-state index contributed by atoms with van der Waals surface area (Å²) in [6, 6.07) is 6.66. The number of terminal acetylenes is 1. The largest absolute Gasteiger partial charge is 0.496 e. The summed E-state index contributed by atoms with van der Waals surface area (Å²) in [5, 5.41) is 8.86. The molecule has 0 atom stereocenters. The van der Waals surface area contributed by atoms with Crippen LogP contribution >= 0.6 is 0 Å². The van der Waals surface area contributed by atoms with Crippen LogP contribution in [0.4, 0.5) is 0 Å². The number of nitrogens with zero attached hydrogens (tertiary/aromatic N) is 1. The molecular formula is C17H15NO4. The molecule has 0 spiro atoms. The van der Waals surface area contributed by atoms with Crippen LogP contribution in [0.3, 0.4) is 0 Å². The monoisotopic (exact) mass is 297 g/mol. The van der Waals surface area contributed by atoms with Crippen LogP contribution in [0.15, 0.2) is 23.8 Å². The lowest BCUT2D eigenvalue weighted by molar-refractivity contribution is -0.140. The Labute approximate surface area is 129 Å². The Kier molecular flexibility index (Phi) is 6.40. The molecule has 0 aliphatic heterocycles. The van der Waals surface area contributed by atoms with Crippen molar-refractivity contribution in [1.82, 2.24) is 0 Å². The molecule has 22 heavy (non-hydrogen) atoms. The number of carbonyl (C=O) groups is 2. The quantitative estimate of drug-likeness (QED) is 0.201. The molecule has 0 unspecified atom stereocenters. The Balaban J connectivity index is 3.14. The number of Topliss-reactive ketones (excluding diaryl/α,β-unsaturated/α-hetero) is 1. The van der Waals surface area contributed by atoms with E-state index in [0.717, 1.165) is 0 Å². The fourth-order valence-corrected chi connectivity index (χ4v) is 1.64. The van der Waals surface area contributed by atoms with Crippen LogP contribution in [0.25, 0.3) is 6.08 Å². The van der Waals surface area contributed by atoms with Crippen molar-refractivity contribution in [1.29, 1.82) is 5.26 Å². The number of ketones is 1. The van der Waals surface area contributed by atoms with Gasteiger partial charge in [-0.15, -0.1) is 12.3 Å². The van der Waals surface area contributed by atoms with E-state index in [9.17, 15) is 9.59 Å². The number of ether oxygens (including phenoxy) is 2. The minimum absolute atomic E-state index is 0.0461. The van der Waals surface area contributed by atoms with Crippen LogP contribution in [-0.2, 0) is 14.3 Å². The lowest BCUT2D eigenvalue weighted by Crippen LogP contribution is -2.14. The highest BCUT2D eigenvalue weighted by Crippen LogP contribution is 2.23. The minimum Gasteiger partial charge on any atom is -0.496 e. The van der Waals surface area contributed by atoms with Gasteiger partial charge < -0.3 is 9.47 Å². The van der Waals surface area contributed by atoms with Crippen molar-refractivity contribution in [2.24, 2.45) is 0 Å². The first kappa shape index (κ1) is 17.0. The molecule has 1 rings (SSSR count). The highest BCUT2D eigenvalue weighted by Gasteiger charge is 2.17. The van der Waals surface area contributed by atoms with Crippen molar-refractivity contribution >= 4 is 17.8 Å². The van der Waals surface area contributed by atoms with Crippen molar-refractivity contribution in [3.05, 3.63) is 34.9 Å². The second-order valence-electron chi connectivity index (χ2n) is 4.27. The normalized spacial score (nSPS) is 10.3. The number of benzene rings is 1. The summed E-state index contributed by atoms with van der Waals surface area (Å²) < 4.78 is 10.1. The van der Waals surface area contributed by atoms with Gasteiger partial charge in [-0.2, -0.15) is 5.26 Å². The Morgan fingerprint density at radius 2 is 2.14 bits per heavy atom. The number of nitriles is 1. The van der Waals surface area contributed by atoms with Crippen molar-refractivity contribution in [2.75, 3.05) is 13.7 Å². The predicted molar refractivity (Wildman–Crippen MR) is 80.8 cm³/mol. The molecule has 1 aromatic rings. The van der Waals surface area contributed by atoms with E-state index in [0.29, 0.717) is 16.9 Å². The second-order valence-corrected chi connectivity index (χ2v) is 4.27. The van der Waals surface area contributed by atoms with Crippen LogP contribution in [0, 0.1) is 23.7 Å². The maximum atomic E-state index is 11.9. The van der Waals surface area contributed by atoms with E-state index < -0.39 is 11.8 Å². The van der Waals surface area contributed by atoms with Gasteiger partial charge >= 0.3 is 5.97 Å². The standard InChI is InChI=1S/C17H15NO4/c1-4-5-8-22-17(20)15(12(2)19)10-14-7-6-13(11-18)9-16(14)21-3/h1,6-7,9-10H,5,8H2,2-3H3/b15-10-. The van der Waals surface area contributed by atoms with Gasteiger partial charge in [0.2, 0.25) is 0 Å². The van der Waals surface area contributed by atoms with Gasteiger partial charge in [0.1, 0.15) is 17.9 Å². The van der Waals surface area contributed by atoms with Gasteiger partial charge in [-0.25, -0.2) is 4.79 Å². The molecular weight excluding hydrogens is 282 g/mol. The summed E-state index contributed by atoms with van der Waals surface area (Å²) >= 11 is 0. The fraction of sp³-hybridized carbons (Fsp3) is 0.235. The molecule has 5 heteroatoms. The average molecular weight is 297 g/mol. The molecule has 0 aromatic heterocycles. The van der Waals surface area contributed by atoms with Gasteiger partial charge in [0.05, 0.1) is 18.7 Å². The van der Waals surface area contributed by atoms with E-state index in [1.165, 1.54) is 26.2 Å². The van der Waals surface area contributed by atoms with Crippen LogP contribution in [-0.4, -0.2) is 25.5 Å². The van der Waals surface area contributed by atoms with Gasteiger partial charge in [-0.05, 0) is 31.2 Å². The first-order valence-electron chi connectivity index (χ1n) is 6.44. The molecule has 0 saturated heterocycles. The number of hydrogen-bond donors (Lipinski definition) is 0. The van der Waals surface area contributed by atoms with E-state index in [1.807, 2.05) is 6.07 Å². The van der Waals surface area contributed by atoms with Crippen molar-refractivity contribution in [3.8, 4) is 24.2 Å². The Morgan fingerprint density at radius 1 is 1.41 bits per heavy atom. The molecule has 0 heterocycles. The summed E-state index contributed by atoms with van der Waals surface area (Å²) in [6.45, 7) is 1.31. The molecule has 5 nitrogen and oxygen atoms in total. The number of hydrogen-bond acceptors (Lipinski definition) is 5. The highest BCUT2D eigenvalue weighted by molar-refractivity contribution is 6.19. The number of esters is 1. The van der Waals surface area contributed by atoms with E-state index in [1.54, 1.807) is 12.1 Å². The van der Waals surface area contributed by atoms with Gasteiger partial charge in [0, 0.05) is 12.0 Å². The lowest BCUT2D eigenvalue weighted by Gasteiger charge is -2.08. The summed E-state index contributed by atoms with van der Waals surface area (Å²) in [5.41, 5.74) is 0.801. The van der Waals surface area contributed by atoms with Crippen LogP contribution in [0.2, 0.25) is 0 Å². The smallest absolute Gasteiger partial charge is 0.341 e. The zero-order valence-corrected chi connectivity index (χ0v) is 12.4. The first-order valence-corrected chi connectivity index (χ1v) is 6.44. The molecule has 0 amide bonds. The fourth-order valence-electron chi connectivity index (χ4n) is 1.64. The SMILES string of the molecule is C#CCCOC(=O)/C(=C\c1ccc(C#N)cc1OC)C(C)=O. The second kappa shape index (κ2) is 8.28. The van der Waals surface area contributed by atoms with E-state index in [4.69, 9.17) is 21.2 Å². The maximum absolute atomic E-state index is 11.9. The summed E-state index contributed by atoms with van der Waals surface area (Å²) in [6.07, 6.45) is 6.72. The van der Waals surface area contributed by atoms with Gasteiger partial charge in [-0.3, -0.25) is 4.79 Å². The van der Waals surface area contributed by atoms with Gasteiger partial charge in [0.15, 0.2) is 5.78 Å². The van der Waals surface area contributed by atoms with E-state index in [-0.39, 0.29) is 18.6 Å². The molecule has 0 N–H and O–H groups in total. The topological polar surface area (TPSA) is 76.4 Å². The Bertz CT molecular complexity index is 690. The van der Waals surface area contributed by atoms with E-state index >= 15 is 0 Å². The third-order valence-corrected chi connectivity index (χ3v) is 2.74. The van der Waals surface area contributed by atoms with Gasteiger partial charge in [-0.1, -0.05) is 0 Å². The number of methoxy groups -OCH3 is 1. The summed E-state index contributed by atoms with van der Waals surface area (Å²) in [5.74, 6) is 1.55. The minimum atomic E-state index is -0.742. The lowest BCUT2D eigenvalue weighted by atomic mass is 10.1. The maximum Gasteiger partial charge on any atom is 0.341 e. The molecule has 0 saturated carbocycles. The number of rotatable bonds is 6. The van der Waals surface area contributed by atoms with Crippen LogP contribution in [0.1, 0.15) is 24.5 Å². The highest BCUT2D eigenvalue weighted by atomic mass is 16.5. The molecule has 0 radical (unpaired) electrons.